The molecular weight excluding hydrogens is 192 g/mol. The van der Waals surface area contributed by atoms with Crippen LogP contribution in [0.4, 0.5) is 0 Å². The zero-order valence-corrected chi connectivity index (χ0v) is 8.38. The molecule has 2 aromatic heterocycles. The number of pyridine rings is 2. The fourth-order valence-electron chi connectivity index (χ4n) is 1.27. The molecule has 15 heavy (non-hydrogen) atoms. The van der Waals surface area contributed by atoms with Gasteiger partial charge in [0.25, 0.3) is 5.52 Å². The summed E-state index contributed by atoms with van der Waals surface area (Å²) in [5.41, 5.74) is 1.57. The maximum absolute atomic E-state index is 11.2. The lowest BCUT2D eigenvalue weighted by Crippen LogP contribution is -2.45. The third-order valence-electron chi connectivity index (χ3n) is 2.02. The molecule has 0 amide bonds. The predicted octanol–water partition coefficient (Wildman–Crippen LogP) is 0.887. The highest BCUT2D eigenvalue weighted by Gasteiger charge is 2.13. The number of carbonyl (C=O) groups is 1. The summed E-state index contributed by atoms with van der Waals surface area (Å²) < 4.78 is 1.44. The van der Waals surface area contributed by atoms with Crippen molar-refractivity contribution in [1.82, 2.24) is 4.98 Å². The third kappa shape index (κ3) is 1.93. The summed E-state index contributed by atoms with van der Waals surface area (Å²) in [6.45, 7) is 1.76. The molecule has 2 heterocycles. The normalized spacial score (nSPS) is 10.2. The second-order valence-electron chi connectivity index (χ2n) is 3.06. The zero-order chi connectivity index (χ0) is 10.7. The molecule has 2 rings (SSSR count). The molecule has 4 heteroatoms. The van der Waals surface area contributed by atoms with Crippen LogP contribution in [0.15, 0.2) is 36.7 Å². The molecule has 0 aliphatic carbocycles. The van der Waals surface area contributed by atoms with Gasteiger partial charge in [-0.1, -0.05) is 6.92 Å². The first-order valence-corrected chi connectivity index (χ1v) is 4.78. The second kappa shape index (κ2) is 4.04. The molecule has 0 saturated heterocycles. The summed E-state index contributed by atoms with van der Waals surface area (Å²) in [4.78, 5) is 20.4. The van der Waals surface area contributed by atoms with Crippen LogP contribution in [0, 0.1) is 0 Å². The Morgan fingerprint density at radius 1 is 1.47 bits per heavy atom. The lowest BCUT2D eigenvalue weighted by Gasteiger charge is -1.96. The summed E-state index contributed by atoms with van der Waals surface area (Å²) in [5.74, 6) is -0.267. The van der Waals surface area contributed by atoms with Gasteiger partial charge >= 0.3 is 5.97 Å². The van der Waals surface area contributed by atoms with Crippen LogP contribution in [0.2, 0.25) is 0 Å². The molecule has 2 aromatic rings. The van der Waals surface area contributed by atoms with Crippen molar-refractivity contribution in [3.05, 3.63) is 36.7 Å². The topological polar surface area (TPSA) is 43.1 Å². The lowest BCUT2D eigenvalue weighted by molar-refractivity contribution is -0.848. The van der Waals surface area contributed by atoms with Crippen LogP contribution in [0.25, 0.3) is 11.0 Å². The highest BCUT2D eigenvalue weighted by molar-refractivity contribution is 5.71. The first-order chi connectivity index (χ1) is 7.31. The van der Waals surface area contributed by atoms with Gasteiger partial charge in [-0.3, -0.25) is 0 Å². The molecule has 0 aliphatic heterocycles. The van der Waals surface area contributed by atoms with E-state index in [9.17, 15) is 4.79 Å². The van der Waals surface area contributed by atoms with E-state index in [1.165, 1.54) is 4.73 Å². The van der Waals surface area contributed by atoms with Crippen molar-refractivity contribution in [3.63, 3.8) is 0 Å². The van der Waals surface area contributed by atoms with E-state index in [0.717, 1.165) is 11.0 Å². The second-order valence-corrected chi connectivity index (χ2v) is 3.06. The lowest BCUT2D eigenvalue weighted by atomic mass is 10.3. The van der Waals surface area contributed by atoms with Gasteiger partial charge in [0.1, 0.15) is 5.52 Å². The van der Waals surface area contributed by atoms with Gasteiger partial charge in [-0.2, -0.15) is 4.84 Å². The molecule has 0 N–H and O–H groups in total. The highest BCUT2D eigenvalue weighted by Crippen LogP contribution is 2.03. The SMILES string of the molecule is CCC(=O)O[n+]1cccc2ncccc21. The van der Waals surface area contributed by atoms with Crippen molar-refractivity contribution in [1.29, 1.82) is 0 Å². The Hall–Kier alpha value is -1.97. The predicted molar refractivity (Wildman–Crippen MR) is 53.8 cm³/mol. The number of hydrogen-bond donors (Lipinski definition) is 0. The van der Waals surface area contributed by atoms with E-state index in [1.807, 2.05) is 12.1 Å². The number of nitrogens with zero attached hydrogens (tertiary/aromatic N) is 2. The standard InChI is InChI=1S/C11H11N2O2/c1-2-11(14)15-13-8-4-5-9-10(13)6-3-7-12-9/h3-8H,2H2,1H3/q+1. The minimum atomic E-state index is -0.267. The van der Waals surface area contributed by atoms with Gasteiger partial charge in [0.2, 0.25) is 6.20 Å². The Morgan fingerprint density at radius 3 is 3.13 bits per heavy atom. The van der Waals surface area contributed by atoms with Crippen molar-refractivity contribution >= 4 is 17.0 Å². The van der Waals surface area contributed by atoms with Crippen LogP contribution in [0.5, 0.6) is 0 Å². The fourth-order valence-corrected chi connectivity index (χ4v) is 1.27. The Kier molecular flexibility index (Phi) is 2.58. The molecule has 0 unspecified atom stereocenters. The molecule has 4 nitrogen and oxygen atoms in total. The van der Waals surface area contributed by atoms with Crippen molar-refractivity contribution in [2.75, 3.05) is 0 Å². The van der Waals surface area contributed by atoms with E-state index in [1.54, 1.807) is 31.5 Å². The summed E-state index contributed by atoms with van der Waals surface area (Å²) in [7, 11) is 0. The van der Waals surface area contributed by atoms with Gasteiger partial charge in [-0.15, -0.1) is 0 Å². The van der Waals surface area contributed by atoms with E-state index in [-0.39, 0.29) is 5.97 Å². The van der Waals surface area contributed by atoms with E-state index in [0.29, 0.717) is 6.42 Å². The first-order valence-electron chi connectivity index (χ1n) is 4.78. The average molecular weight is 203 g/mol. The molecule has 0 atom stereocenters. The summed E-state index contributed by atoms with van der Waals surface area (Å²) in [5, 5.41) is 0. The minimum Gasteiger partial charge on any atom is -0.250 e. The van der Waals surface area contributed by atoms with Gasteiger partial charge < -0.3 is 0 Å². The van der Waals surface area contributed by atoms with Crippen molar-refractivity contribution < 1.29 is 14.4 Å². The average Bonchev–Trinajstić information content (AvgIpc) is 2.29. The highest BCUT2D eigenvalue weighted by atomic mass is 16.7. The van der Waals surface area contributed by atoms with Crippen LogP contribution in [-0.4, -0.2) is 11.0 Å². The van der Waals surface area contributed by atoms with Crippen LogP contribution < -0.4 is 9.57 Å². The number of hydrogen-bond acceptors (Lipinski definition) is 3. The smallest absolute Gasteiger partial charge is 0.250 e. The minimum absolute atomic E-state index is 0.267. The van der Waals surface area contributed by atoms with E-state index < -0.39 is 0 Å². The maximum Gasteiger partial charge on any atom is 0.380 e. The van der Waals surface area contributed by atoms with Crippen LogP contribution in [-0.2, 0) is 4.79 Å². The number of rotatable bonds is 2. The fraction of sp³-hybridized carbons (Fsp3) is 0.182. The summed E-state index contributed by atoms with van der Waals surface area (Å²) in [6, 6.07) is 7.31. The van der Waals surface area contributed by atoms with Crippen LogP contribution >= 0.6 is 0 Å². The molecule has 76 valence electrons. The molecule has 0 saturated carbocycles. The van der Waals surface area contributed by atoms with E-state index in [2.05, 4.69) is 4.98 Å². The molecule has 0 spiro atoms. The van der Waals surface area contributed by atoms with Gasteiger partial charge in [0.15, 0.2) is 0 Å². The number of aromatic nitrogens is 2. The van der Waals surface area contributed by atoms with Gasteiger partial charge in [-0.25, -0.2) is 9.78 Å². The molecule has 0 bridgehead atoms. The number of carbonyl (C=O) groups excluding carboxylic acids is 1. The quantitative estimate of drug-likeness (QED) is 0.681. The third-order valence-corrected chi connectivity index (χ3v) is 2.02. The Bertz CT molecular complexity index is 491. The summed E-state index contributed by atoms with van der Waals surface area (Å²) in [6.07, 6.45) is 3.75. The van der Waals surface area contributed by atoms with Crippen molar-refractivity contribution in [3.8, 4) is 0 Å². The van der Waals surface area contributed by atoms with Crippen molar-refractivity contribution in [2.45, 2.75) is 13.3 Å². The van der Waals surface area contributed by atoms with E-state index in [4.69, 9.17) is 4.84 Å². The Morgan fingerprint density at radius 2 is 2.33 bits per heavy atom. The van der Waals surface area contributed by atoms with Crippen LogP contribution in [0.1, 0.15) is 13.3 Å². The molecule has 0 fully saturated rings. The monoisotopic (exact) mass is 203 g/mol. The summed E-state index contributed by atoms with van der Waals surface area (Å²) >= 11 is 0. The van der Waals surface area contributed by atoms with Gasteiger partial charge in [-0.05, 0) is 12.1 Å². The van der Waals surface area contributed by atoms with E-state index >= 15 is 0 Å². The Labute approximate surface area is 87.1 Å². The van der Waals surface area contributed by atoms with Gasteiger partial charge in [0.05, 0.1) is 0 Å². The maximum atomic E-state index is 11.2. The van der Waals surface area contributed by atoms with Crippen molar-refractivity contribution in [2.24, 2.45) is 0 Å². The Balaban J connectivity index is 2.46. The first kappa shape index (κ1) is 9.58. The van der Waals surface area contributed by atoms with Crippen LogP contribution in [0.3, 0.4) is 0 Å². The zero-order valence-electron chi connectivity index (χ0n) is 8.38. The molecule has 0 aliphatic rings. The largest absolute Gasteiger partial charge is 0.380 e. The molecule has 0 aromatic carbocycles. The number of fused-ring (bicyclic) bond motifs is 1. The van der Waals surface area contributed by atoms with Gasteiger partial charge in [0, 0.05) is 29.5 Å². The molecular formula is C11H11N2O2+. The molecule has 0 radical (unpaired) electrons.